The van der Waals surface area contributed by atoms with Crippen LogP contribution in [0.25, 0.3) is 0 Å². The van der Waals surface area contributed by atoms with E-state index in [-0.39, 0.29) is 5.97 Å². The van der Waals surface area contributed by atoms with E-state index in [1.807, 2.05) is 12.3 Å². The summed E-state index contributed by atoms with van der Waals surface area (Å²) in [4.78, 5) is 16.0. The quantitative estimate of drug-likeness (QED) is 0.809. The van der Waals surface area contributed by atoms with Crippen molar-refractivity contribution < 1.29 is 14.3 Å². The molecule has 0 spiro atoms. The van der Waals surface area contributed by atoms with E-state index in [0.717, 1.165) is 22.6 Å². The summed E-state index contributed by atoms with van der Waals surface area (Å²) in [6.07, 6.45) is 9.11. The number of aromatic nitrogens is 1. The number of pyridine rings is 1. The van der Waals surface area contributed by atoms with Crippen LogP contribution in [0.4, 0.5) is 0 Å². The molecule has 4 rings (SSSR count). The fourth-order valence-corrected chi connectivity index (χ4v) is 2.56. The SMILES string of the molecule is O=C(OC1=CC=C2OCC3=CNNC3=C2C1)c1ccncc1. The minimum Gasteiger partial charge on any atom is -0.488 e. The van der Waals surface area contributed by atoms with Crippen molar-refractivity contribution in [1.82, 2.24) is 15.8 Å². The molecule has 0 bridgehead atoms. The summed E-state index contributed by atoms with van der Waals surface area (Å²) >= 11 is 0. The lowest BCUT2D eigenvalue weighted by atomic mass is 9.97. The fourth-order valence-electron chi connectivity index (χ4n) is 2.56. The highest BCUT2D eigenvalue weighted by Crippen LogP contribution is 2.35. The van der Waals surface area contributed by atoms with E-state index in [4.69, 9.17) is 9.47 Å². The van der Waals surface area contributed by atoms with Crippen LogP contribution in [0.2, 0.25) is 0 Å². The van der Waals surface area contributed by atoms with Crippen molar-refractivity contribution in [1.29, 1.82) is 0 Å². The molecule has 0 unspecified atom stereocenters. The van der Waals surface area contributed by atoms with Crippen LogP contribution in [0.1, 0.15) is 16.8 Å². The van der Waals surface area contributed by atoms with E-state index in [1.165, 1.54) is 0 Å². The molecule has 0 amide bonds. The number of ether oxygens (including phenoxy) is 2. The Hall–Kier alpha value is -3.02. The van der Waals surface area contributed by atoms with Gasteiger partial charge in [-0.3, -0.25) is 4.98 Å². The van der Waals surface area contributed by atoms with Crippen LogP contribution in [0.15, 0.2) is 71.2 Å². The standard InChI is InChI=1S/C16H13N3O3/c20-16(10-3-5-17-6-4-10)22-12-1-2-14-13(7-12)15-11(9-21-14)8-18-19-15/h1-6,8,18-19H,7,9H2. The Kier molecular flexibility index (Phi) is 2.93. The third-order valence-corrected chi connectivity index (χ3v) is 3.66. The average molecular weight is 295 g/mol. The summed E-state index contributed by atoms with van der Waals surface area (Å²) in [6, 6.07) is 3.25. The maximum atomic E-state index is 12.1. The number of rotatable bonds is 2. The Morgan fingerprint density at radius 1 is 1.27 bits per heavy atom. The molecule has 110 valence electrons. The third kappa shape index (κ3) is 2.14. The number of esters is 1. The minimum atomic E-state index is -0.388. The summed E-state index contributed by atoms with van der Waals surface area (Å²) in [6.45, 7) is 0.532. The van der Waals surface area contributed by atoms with Gasteiger partial charge in [-0.1, -0.05) is 0 Å². The number of nitrogens with one attached hydrogen (secondary N) is 2. The van der Waals surface area contributed by atoms with Crippen LogP contribution in [0.5, 0.6) is 0 Å². The second kappa shape index (κ2) is 5.07. The molecular weight excluding hydrogens is 282 g/mol. The molecule has 3 heterocycles. The first-order valence-electron chi connectivity index (χ1n) is 6.91. The predicted molar refractivity (Wildman–Crippen MR) is 77.8 cm³/mol. The first-order chi connectivity index (χ1) is 10.8. The molecule has 6 nitrogen and oxygen atoms in total. The molecule has 3 aliphatic rings. The fraction of sp³-hybridized carbons (Fsp3) is 0.125. The van der Waals surface area contributed by atoms with Gasteiger partial charge in [-0.15, -0.1) is 0 Å². The summed E-state index contributed by atoms with van der Waals surface area (Å²) in [5, 5.41) is 0. The third-order valence-electron chi connectivity index (χ3n) is 3.66. The van der Waals surface area contributed by atoms with Crippen molar-refractivity contribution in [3.8, 4) is 0 Å². The van der Waals surface area contributed by atoms with Gasteiger partial charge >= 0.3 is 5.97 Å². The molecular formula is C16H13N3O3. The lowest BCUT2D eigenvalue weighted by Crippen LogP contribution is -2.25. The Bertz CT molecular complexity index is 760. The number of hydrogen-bond donors (Lipinski definition) is 2. The van der Waals surface area contributed by atoms with Gasteiger partial charge in [0.1, 0.15) is 18.1 Å². The van der Waals surface area contributed by atoms with Crippen LogP contribution in [0.3, 0.4) is 0 Å². The molecule has 1 aromatic heterocycles. The number of carbonyl (C=O) groups excluding carboxylic acids is 1. The van der Waals surface area contributed by atoms with E-state index < -0.39 is 0 Å². The van der Waals surface area contributed by atoms with Crippen molar-refractivity contribution in [3.05, 3.63) is 76.8 Å². The topological polar surface area (TPSA) is 72.5 Å². The molecule has 0 fully saturated rings. The first kappa shape index (κ1) is 12.7. The van der Waals surface area contributed by atoms with Gasteiger partial charge in [-0.05, 0) is 24.3 Å². The normalized spacial score (nSPS) is 18.6. The molecule has 2 aliphatic heterocycles. The molecule has 2 N–H and O–H groups in total. The molecule has 0 atom stereocenters. The molecule has 1 aliphatic carbocycles. The minimum absolute atomic E-state index is 0.388. The van der Waals surface area contributed by atoms with Crippen molar-refractivity contribution >= 4 is 5.97 Å². The summed E-state index contributed by atoms with van der Waals surface area (Å²) in [7, 11) is 0. The molecule has 1 aromatic rings. The maximum Gasteiger partial charge on any atom is 0.343 e. The molecule has 6 heteroatoms. The van der Waals surface area contributed by atoms with Crippen LogP contribution in [0, 0.1) is 0 Å². The van der Waals surface area contributed by atoms with Gasteiger partial charge in [-0.2, -0.15) is 0 Å². The van der Waals surface area contributed by atoms with Crippen molar-refractivity contribution in [3.63, 3.8) is 0 Å². The number of fused-ring (bicyclic) bond motifs is 2. The van der Waals surface area contributed by atoms with Crippen LogP contribution in [-0.2, 0) is 9.47 Å². The zero-order valence-corrected chi connectivity index (χ0v) is 11.6. The van der Waals surface area contributed by atoms with E-state index in [2.05, 4.69) is 15.8 Å². The highest BCUT2D eigenvalue weighted by molar-refractivity contribution is 5.89. The zero-order chi connectivity index (χ0) is 14.9. The summed E-state index contributed by atoms with van der Waals surface area (Å²) in [5.41, 5.74) is 9.60. The van der Waals surface area contributed by atoms with Crippen LogP contribution < -0.4 is 10.9 Å². The number of hydrazine groups is 1. The van der Waals surface area contributed by atoms with E-state index in [1.54, 1.807) is 30.6 Å². The number of nitrogens with zero attached hydrogens (tertiary/aromatic N) is 1. The maximum absolute atomic E-state index is 12.1. The summed E-state index contributed by atoms with van der Waals surface area (Å²) < 4.78 is 11.2. The molecule has 0 aromatic carbocycles. The van der Waals surface area contributed by atoms with E-state index in [9.17, 15) is 4.79 Å². The predicted octanol–water partition coefficient (Wildman–Crippen LogP) is 1.69. The smallest absolute Gasteiger partial charge is 0.343 e. The van der Waals surface area contributed by atoms with Gasteiger partial charge in [0.2, 0.25) is 0 Å². The second-order valence-electron chi connectivity index (χ2n) is 5.05. The van der Waals surface area contributed by atoms with Crippen molar-refractivity contribution in [2.24, 2.45) is 0 Å². The van der Waals surface area contributed by atoms with Crippen LogP contribution >= 0.6 is 0 Å². The van der Waals surface area contributed by atoms with Gasteiger partial charge in [0.15, 0.2) is 0 Å². The van der Waals surface area contributed by atoms with E-state index in [0.29, 0.717) is 24.4 Å². The molecule has 0 saturated carbocycles. The Labute approximate surface area is 126 Å². The first-order valence-corrected chi connectivity index (χ1v) is 6.91. The zero-order valence-electron chi connectivity index (χ0n) is 11.6. The summed E-state index contributed by atoms with van der Waals surface area (Å²) in [5.74, 6) is 1.01. The van der Waals surface area contributed by atoms with Gasteiger partial charge < -0.3 is 20.3 Å². The Balaban J connectivity index is 1.57. The van der Waals surface area contributed by atoms with Crippen molar-refractivity contribution in [2.45, 2.75) is 6.42 Å². The lowest BCUT2D eigenvalue weighted by Gasteiger charge is -2.25. The van der Waals surface area contributed by atoms with E-state index >= 15 is 0 Å². The van der Waals surface area contributed by atoms with Gasteiger partial charge in [0, 0.05) is 36.2 Å². The average Bonchev–Trinajstić information content (AvgIpc) is 3.05. The van der Waals surface area contributed by atoms with Gasteiger partial charge in [0.25, 0.3) is 0 Å². The number of hydrogen-bond acceptors (Lipinski definition) is 6. The molecule has 22 heavy (non-hydrogen) atoms. The Morgan fingerprint density at radius 2 is 2.14 bits per heavy atom. The van der Waals surface area contributed by atoms with Gasteiger partial charge in [-0.25, -0.2) is 4.79 Å². The molecule has 0 saturated heterocycles. The van der Waals surface area contributed by atoms with Gasteiger partial charge in [0.05, 0.1) is 11.3 Å². The second-order valence-corrected chi connectivity index (χ2v) is 5.05. The lowest BCUT2D eigenvalue weighted by molar-refractivity contribution is 0.0615. The molecule has 0 radical (unpaired) electrons. The monoisotopic (exact) mass is 295 g/mol. The Morgan fingerprint density at radius 3 is 3.00 bits per heavy atom. The van der Waals surface area contributed by atoms with Crippen LogP contribution in [-0.4, -0.2) is 17.6 Å². The van der Waals surface area contributed by atoms with Crippen molar-refractivity contribution in [2.75, 3.05) is 6.61 Å². The number of carbonyl (C=O) groups is 1. The highest BCUT2D eigenvalue weighted by Gasteiger charge is 2.28. The highest BCUT2D eigenvalue weighted by atomic mass is 16.5. The number of allylic oxidation sites excluding steroid dienone is 4. The largest absolute Gasteiger partial charge is 0.488 e.